The van der Waals surface area contributed by atoms with Crippen LogP contribution in [0.1, 0.15) is 26.2 Å². The Balaban J connectivity index is 1.59. The third-order valence-corrected chi connectivity index (χ3v) is 4.68. The number of benzene rings is 1. The van der Waals surface area contributed by atoms with Gasteiger partial charge in [0.1, 0.15) is 0 Å². The van der Waals surface area contributed by atoms with Gasteiger partial charge in [0.15, 0.2) is 5.13 Å². The minimum atomic E-state index is -0.264. The van der Waals surface area contributed by atoms with Crippen LogP contribution < -0.4 is 16.0 Å². The number of fused-ring (bicyclic) bond motifs is 1. The lowest BCUT2D eigenvalue weighted by molar-refractivity contribution is -0.115. The standard InChI is InChI=1S/C16H20N4O3S/c1-2-14(21)20-16-19-12-8-10(5-6-13(12)24-16)18-15(22)17-9-11-4-3-7-23-11/h5-6,8,11H,2-4,7,9H2,1H3,(H2,17,18,22)(H,19,20,21)/t11-/m1/s1. The zero-order chi connectivity index (χ0) is 16.9. The fraction of sp³-hybridized carbons (Fsp3) is 0.438. The highest BCUT2D eigenvalue weighted by molar-refractivity contribution is 7.22. The molecule has 1 aromatic carbocycles. The topological polar surface area (TPSA) is 92.4 Å². The lowest BCUT2D eigenvalue weighted by Crippen LogP contribution is -2.34. The molecule has 1 aromatic heterocycles. The normalized spacial score (nSPS) is 17.0. The number of amides is 3. The second-order valence-corrected chi connectivity index (χ2v) is 6.60. The van der Waals surface area contributed by atoms with E-state index >= 15 is 0 Å². The molecule has 0 spiro atoms. The second-order valence-electron chi connectivity index (χ2n) is 5.57. The number of aromatic nitrogens is 1. The molecule has 3 rings (SSSR count). The first-order valence-corrected chi connectivity index (χ1v) is 8.82. The number of urea groups is 1. The number of anilines is 2. The third kappa shape index (κ3) is 4.21. The van der Waals surface area contributed by atoms with Crippen LogP contribution in [0.15, 0.2) is 18.2 Å². The van der Waals surface area contributed by atoms with Crippen molar-refractivity contribution < 1.29 is 14.3 Å². The van der Waals surface area contributed by atoms with E-state index in [1.165, 1.54) is 11.3 Å². The van der Waals surface area contributed by atoms with Gasteiger partial charge in [0, 0.05) is 25.3 Å². The number of ether oxygens (including phenoxy) is 1. The van der Waals surface area contributed by atoms with Crippen LogP contribution in [0.25, 0.3) is 10.2 Å². The summed E-state index contributed by atoms with van der Waals surface area (Å²) in [5.74, 6) is -0.0686. The molecule has 0 unspecified atom stereocenters. The fourth-order valence-corrected chi connectivity index (χ4v) is 3.32. The molecular weight excluding hydrogens is 328 g/mol. The van der Waals surface area contributed by atoms with Crippen LogP contribution in [0.4, 0.5) is 15.6 Å². The van der Waals surface area contributed by atoms with Crippen molar-refractivity contribution in [2.75, 3.05) is 23.8 Å². The van der Waals surface area contributed by atoms with Gasteiger partial charge >= 0.3 is 6.03 Å². The van der Waals surface area contributed by atoms with E-state index in [4.69, 9.17) is 4.74 Å². The molecule has 0 aliphatic carbocycles. The summed E-state index contributed by atoms with van der Waals surface area (Å²) in [5.41, 5.74) is 1.40. The number of thiazole rings is 1. The molecular formula is C16H20N4O3S. The Labute approximate surface area is 143 Å². The van der Waals surface area contributed by atoms with E-state index in [-0.39, 0.29) is 18.0 Å². The summed E-state index contributed by atoms with van der Waals surface area (Å²) in [4.78, 5) is 27.7. The summed E-state index contributed by atoms with van der Waals surface area (Å²) < 4.78 is 6.42. The SMILES string of the molecule is CCC(=O)Nc1nc2cc(NC(=O)NC[C@H]3CCCO3)ccc2s1. The number of hydrogen-bond donors (Lipinski definition) is 3. The van der Waals surface area contributed by atoms with Gasteiger partial charge in [-0.2, -0.15) is 0 Å². The Bertz CT molecular complexity index is 740. The van der Waals surface area contributed by atoms with Crippen LogP contribution in [-0.4, -0.2) is 36.2 Å². The first-order valence-electron chi connectivity index (χ1n) is 8.01. The van der Waals surface area contributed by atoms with Gasteiger partial charge in [0.05, 0.1) is 16.3 Å². The molecule has 1 atom stereocenters. The van der Waals surface area contributed by atoms with E-state index in [9.17, 15) is 9.59 Å². The molecule has 1 fully saturated rings. The van der Waals surface area contributed by atoms with Gasteiger partial charge in [0.25, 0.3) is 0 Å². The van der Waals surface area contributed by atoms with Gasteiger partial charge in [-0.25, -0.2) is 9.78 Å². The highest BCUT2D eigenvalue weighted by atomic mass is 32.1. The maximum atomic E-state index is 11.9. The van der Waals surface area contributed by atoms with Gasteiger partial charge in [-0.05, 0) is 31.0 Å². The molecule has 8 heteroatoms. The average Bonchev–Trinajstić information content (AvgIpc) is 3.21. The van der Waals surface area contributed by atoms with E-state index in [2.05, 4.69) is 20.9 Å². The van der Waals surface area contributed by atoms with Crippen molar-refractivity contribution in [1.82, 2.24) is 10.3 Å². The first kappa shape index (κ1) is 16.7. The summed E-state index contributed by atoms with van der Waals surface area (Å²) in [6.07, 6.45) is 2.55. The molecule has 7 nitrogen and oxygen atoms in total. The van der Waals surface area contributed by atoms with Crippen LogP contribution in [-0.2, 0) is 9.53 Å². The lowest BCUT2D eigenvalue weighted by Gasteiger charge is -2.11. The molecule has 128 valence electrons. The molecule has 1 aliphatic rings. The van der Waals surface area contributed by atoms with E-state index in [1.54, 1.807) is 13.0 Å². The summed E-state index contributed by atoms with van der Waals surface area (Å²) >= 11 is 1.41. The van der Waals surface area contributed by atoms with E-state index in [1.807, 2.05) is 12.1 Å². The molecule has 2 aromatic rings. The number of carbonyl (C=O) groups excluding carboxylic acids is 2. The Hall–Kier alpha value is -2.19. The molecule has 2 heterocycles. The van der Waals surface area contributed by atoms with Crippen molar-refractivity contribution in [1.29, 1.82) is 0 Å². The predicted molar refractivity (Wildman–Crippen MR) is 94.5 cm³/mol. The van der Waals surface area contributed by atoms with Crippen LogP contribution in [0.3, 0.4) is 0 Å². The number of carbonyl (C=O) groups is 2. The number of rotatable bonds is 5. The molecule has 3 amide bonds. The Morgan fingerprint density at radius 1 is 1.38 bits per heavy atom. The zero-order valence-corrected chi connectivity index (χ0v) is 14.2. The van der Waals surface area contributed by atoms with Gasteiger partial charge in [-0.1, -0.05) is 18.3 Å². The average molecular weight is 348 g/mol. The minimum Gasteiger partial charge on any atom is -0.376 e. The van der Waals surface area contributed by atoms with Crippen molar-refractivity contribution >= 4 is 44.3 Å². The maximum Gasteiger partial charge on any atom is 0.319 e. The Morgan fingerprint density at radius 3 is 3.00 bits per heavy atom. The molecule has 0 bridgehead atoms. The second kappa shape index (κ2) is 7.59. The quantitative estimate of drug-likeness (QED) is 0.774. The van der Waals surface area contributed by atoms with Crippen LogP contribution >= 0.6 is 11.3 Å². The number of hydrogen-bond acceptors (Lipinski definition) is 5. The molecule has 1 saturated heterocycles. The minimum absolute atomic E-state index is 0.0686. The molecule has 24 heavy (non-hydrogen) atoms. The number of nitrogens with zero attached hydrogens (tertiary/aromatic N) is 1. The molecule has 0 saturated carbocycles. The maximum absolute atomic E-state index is 11.9. The largest absolute Gasteiger partial charge is 0.376 e. The van der Waals surface area contributed by atoms with Crippen molar-refractivity contribution in [3.63, 3.8) is 0 Å². The summed E-state index contributed by atoms with van der Waals surface area (Å²) in [7, 11) is 0. The highest BCUT2D eigenvalue weighted by Crippen LogP contribution is 2.28. The van der Waals surface area contributed by atoms with Crippen molar-refractivity contribution in [2.24, 2.45) is 0 Å². The lowest BCUT2D eigenvalue weighted by atomic mass is 10.2. The van der Waals surface area contributed by atoms with Gasteiger partial charge in [0.2, 0.25) is 5.91 Å². The summed E-state index contributed by atoms with van der Waals surface area (Å²) in [5, 5.41) is 8.92. The smallest absolute Gasteiger partial charge is 0.319 e. The highest BCUT2D eigenvalue weighted by Gasteiger charge is 2.16. The van der Waals surface area contributed by atoms with Crippen molar-refractivity contribution in [3.05, 3.63) is 18.2 Å². The number of nitrogens with one attached hydrogen (secondary N) is 3. The summed E-state index contributed by atoms with van der Waals surface area (Å²) in [6.45, 7) is 3.07. The van der Waals surface area contributed by atoms with Gasteiger partial charge in [-0.3, -0.25) is 4.79 Å². The molecule has 1 aliphatic heterocycles. The van der Waals surface area contributed by atoms with Gasteiger partial charge < -0.3 is 20.7 Å². The monoisotopic (exact) mass is 348 g/mol. The van der Waals surface area contributed by atoms with Gasteiger partial charge in [-0.15, -0.1) is 0 Å². The Kier molecular flexibility index (Phi) is 5.27. The summed E-state index contributed by atoms with van der Waals surface area (Å²) in [6, 6.07) is 5.22. The van der Waals surface area contributed by atoms with Crippen molar-refractivity contribution in [2.45, 2.75) is 32.3 Å². The van der Waals surface area contributed by atoms with E-state index < -0.39 is 0 Å². The third-order valence-electron chi connectivity index (χ3n) is 3.73. The fourth-order valence-electron chi connectivity index (χ4n) is 2.45. The molecule has 0 radical (unpaired) electrons. The van der Waals surface area contributed by atoms with Crippen LogP contribution in [0, 0.1) is 0 Å². The zero-order valence-electron chi connectivity index (χ0n) is 13.4. The molecule has 3 N–H and O–H groups in total. The van der Waals surface area contributed by atoms with Crippen LogP contribution in [0.2, 0.25) is 0 Å². The van der Waals surface area contributed by atoms with Crippen LogP contribution in [0.5, 0.6) is 0 Å². The predicted octanol–water partition coefficient (Wildman–Crippen LogP) is 2.95. The Morgan fingerprint density at radius 2 is 2.25 bits per heavy atom. The van der Waals surface area contributed by atoms with Crippen molar-refractivity contribution in [3.8, 4) is 0 Å². The first-order chi connectivity index (χ1) is 11.6. The van der Waals surface area contributed by atoms with E-state index in [0.29, 0.717) is 23.8 Å². The van der Waals surface area contributed by atoms with E-state index in [0.717, 1.165) is 29.7 Å².